The standard InChI is InChI=1S/C32H40N4O3/c1-3-10-23-11-9-14-25(19-23)22(2)35-32(39)30-26-15-7-8-16-28(26)36-31(24-12-5-4-6-13-24)27(30)20-33-21-29(38)34-17-18-37/h4-6,8,12-13,16,22-23,25,33,37H,3,9-11,14,17-21H2,1-2H3,(H,34,38)(H,35,39)/t22-,23?,25?/m0/s1. The highest BCUT2D eigenvalue weighted by Gasteiger charge is 2.28. The number of carbonyl (C=O) groups is 2. The zero-order chi connectivity index (χ0) is 27.6. The number of carbonyl (C=O) groups excluding carboxylic acids is 2. The van der Waals surface area contributed by atoms with Crippen molar-refractivity contribution in [2.24, 2.45) is 11.8 Å². The Morgan fingerprint density at radius 3 is 2.79 bits per heavy atom. The summed E-state index contributed by atoms with van der Waals surface area (Å²) >= 11 is 0. The third-order valence-corrected chi connectivity index (χ3v) is 7.73. The molecule has 1 saturated carbocycles. The largest absolute Gasteiger partial charge is 0.395 e. The molecule has 2 aliphatic rings. The monoisotopic (exact) mass is 528 g/mol. The fourth-order valence-corrected chi connectivity index (χ4v) is 5.79. The van der Waals surface area contributed by atoms with Crippen LogP contribution < -0.4 is 26.5 Å². The molecule has 0 bridgehead atoms. The maximum atomic E-state index is 14.1. The molecule has 1 fully saturated rings. The first-order chi connectivity index (χ1) is 19.0. The van der Waals surface area contributed by atoms with Crippen LogP contribution in [0.3, 0.4) is 0 Å². The molecule has 0 radical (unpaired) electrons. The van der Waals surface area contributed by atoms with Crippen molar-refractivity contribution in [1.82, 2.24) is 20.9 Å². The predicted octanol–water partition coefficient (Wildman–Crippen LogP) is 2.56. The van der Waals surface area contributed by atoms with E-state index < -0.39 is 0 Å². The van der Waals surface area contributed by atoms with E-state index in [4.69, 9.17) is 10.1 Å². The van der Waals surface area contributed by atoms with E-state index in [2.05, 4.69) is 41.3 Å². The van der Waals surface area contributed by atoms with Gasteiger partial charge in [-0.2, -0.15) is 0 Å². The lowest BCUT2D eigenvalue weighted by Crippen LogP contribution is -2.45. The number of aliphatic hydroxyl groups is 1. The van der Waals surface area contributed by atoms with Crippen molar-refractivity contribution in [2.45, 2.75) is 65.0 Å². The molecule has 4 N–H and O–H groups in total. The molecule has 7 heteroatoms. The molecule has 7 nitrogen and oxygen atoms in total. The third-order valence-electron chi connectivity index (χ3n) is 7.73. The second kappa shape index (κ2) is 14.1. The Labute approximate surface area is 230 Å². The summed E-state index contributed by atoms with van der Waals surface area (Å²) in [6, 6.07) is 9.84. The van der Waals surface area contributed by atoms with Crippen LogP contribution >= 0.6 is 0 Å². The van der Waals surface area contributed by atoms with Crippen molar-refractivity contribution < 1.29 is 14.7 Å². The zero-order valence-electron chi connectivity index (χ0n) is 23.1. The number of rotatable bonds is 12. The number of nitrogens with one attached hydrogen (secondary N) is 3. The second-order valence-electron chi connectivity index (χ2n) is 10.6. The van der Waals surface area contributed by atoms with Gasteiger partial charge in [0.25, 0.3) is 5.91 Å². The predicted molar refractivity (Wildman–Crippen MR) is 154 cm³/mol. The fourth-order valence-electron chi connectivity index (χ4n) is 5.79. The SMILES string of the molecule is CCCC1CCCC([C@H](C)NC(=O)c2c(CNCC(=O)NCCO)c(-c3ccccc3)nc3c2=C=C=CC=3)C1. The van der Waals surface area contributed by atoms with Gasteiger partial charge in [0.15, 0.2) is 0 Å². The van der Waals surface area contributed by atoms with Crippen molar-refractivity contribution >= 4 is 23.6 Å². The van der Waals surface area contributed by atoms with Gasteiger partial charge in [0.2, 0.25) is 5.91 Å². The average molecular weight is 529 g/mol. The van der Waals surface area contributed by atoms with Gasteiger partial charge in [0.05, 0.1) is 35.0 Å². The molecule has 206 valence electrons. The third kappa shape index (κ3) is 7.35. The van der Waals surface area contributed by atoms with Crippen LogP contribution in [0.1, 0.15) is 68.3 Å². The van der Waals surface area contributed by atoms with Crippen molar-refractivity contribution in [2.75, 3.05) is 19.7 Å². The van der Waals surface area contributed by atoms with Crippen molar-refractivity contribution in [3.05, 3.63) is 63.8 Å². The number of aliphatic hydroxyl groups excluding tert-OH is 1. The number of fused-ring (bicyclic) bond motifs is 1. The van der Waals surface area contributed by atoms with Crippen LogP contribution in [-0.4, -0.2) is 47.6 Å². The summed E-state index contributed by atoms with van der Waals surface area (Å²) in [6.45, 7) is 4.76. The van der Waals surface area contributed by atoms with Crippen LogP contribution in [0, 0.1) is 11.8 Å². The van der Waals surface area contributed by atoms with Crippen LogP contribution in [0.15, 0.2) is 42.1 Å². The van der Waals surface area contributed by atoms with Gasteiger partial charge in [0, 0.05) is 30.3 Å². The van der Waals surface area contributed by atoms with Gasteiger partial charge in [-0.25, -0.2) is 4.98 Å². The van der Waals surface area contributed by atoms with Gasteiger partial charge < -0.3 is 21.1 Å². The van der Waals surface area contributed by atoms with Gasteiger partial charge in [0.1, 0.15) is 0 Å². The number of benzene rings is 1. The van der Waals surface area contributed by atoms with Crippen LogP contribution in [0.25, 0.3) is 23.1 Å². The smallest absolute Gasteiger partial charge is 0.253 e. The van der Waals surface area contributed by atoms with E-state index in [-0.39, 0.29) is 44.1 Å². The quantitative estimate of drug-likeness (QED) is 0.317. The fraction of sp³-hybridized carbons (Fsp3) is 0.469. The molecule has 0 saturated heterocycles. The van der Waals surface area contributed by atoms with Crippen molar-refractivity contribution in [1.29, 1.82) is 0 Å². The molecule has 1 aromatic heterocycles. The highest BCUT2D eigenvalue weighted by Crippen LogP contribution is 2.33. The molecular formula is C32H40N4O3. The molecular weight excluding hydrogens is 488 g/mol. The lowest BCUT2D eigenvalue weighted by Gasteiger charge is -2.33. The summed E-state index contributed by atoms with van der Waals surface area (Å²) in [5.74, 6) is 0.812. The van der Waals surface area contributed by atoms with Crippen molar-refractivity contribution in [3.63, 3.8) is 0 Å². The molecule has 2 aromatic rings. The Morgan fingerprint density at radius 1 is 1.21 bits per heavy atom. The number of pyridine rings is 1. The van der Waals surface area contributed by atoms with Gasteiger partial charge in [-0.3, -0.25) is 9.59 Å². The Hall–Kier alpha value is -3.47. The highest BCUT2D eigenvalue weighted by molar-refractivity contribution is 5.98. The summed E-state index contributed by atoms with van der Waals surface area (Å²) in [6.07, 6.45) is 10.8. The molecule has 1 aromatic carbocycles. The van der Waals surface area contributed by atoms with E-state index in [1.54, 1.807) is 6.08 Å². The summed E-state index contributed by atoms with van der Waals surface area (Å²) in [4.78, 5) is 31.2. The van der Waals surface area contributed by atoms with Gasteiger partial charge in [-0.15, -0.1) is 0 Å². The Bertz CT molecular complexity index is 1360. The van der Waals surface area contributed by atoms with Gasteiger partial charge in [-0.1, -0.05) is 74.4 Å². The summed E-state index contributed by atoms with van der Waals surface area (Å²) < 4.78 is 0. The first-order valence-electron chi connectivity index (χ1n) is 14.2. The lowest BCUT2D eigenvalue weighted by atomic mass is 9.76. The van der Waals surface area contributed by atoms with E-state index in [0.717, 1.165) is 29.9 Å². The van der Waals surface area contributed by atoms with Crippen LogP contribution in [-0.2, 0) is 11.3 Å². The molecule has 2 unspecified atom stereocenters. The number of hydrogen-bond donors (Lipinski definition) is 4. The molecule has 0 aliphatic heterocycles. The number of aromatic nitrogens is 1. The van der Waals surface area contributed by atoms with Crippen molar-refractivity contribution in [3.8, 4) is 11.3 Å². The number of amides is 2. The number of hydrogen-bond acceptors (Lipinski definition) is 5. The number of allylic oxidation sites excluding steroid dienone is 1. The molecule has 1 heterocycles. The minimum absolute atomic E-state index is 0.0401. The minimum Gasteiger partial charge on any atom is -0.395 e. The maximum absolute atomic E-state index is 14.1. The minimum atomic E-state index is -0.225. The van der Waals surface area contributed by atoms with Crippen LogP contribution in [0.2, 0.25) is 0 Å². The Morgan fingerprint density at radius 2 is 2.03 bits per heavy atom. The van der Waals surface area contributed by atoms with E-state index in [0.29, 0.717) is 27.7 Å². The molecule has 2 amide bonds. The van der Waals surface area contributed by atoms with E-state index in [1.807, 2.05) is 36.4 Å². The molecule has 3 atom stereocenters. The summed E-state index contributed by atoms with van der Waals surface area (Å²) in [5.41, 5.74) is 8.97. The zero-order valence-corrected chi connectivity index (χ0v) is 23.1. The lowest BCUT2D eigenvalue weighted by molar-refractivity contribution is -0.120. The summed E-state index contributed by atoms with van der Waals surface area (Å²) in [7, 11) is 0. The van der Waals surface area contributed by atoms with Crippen LogP contribution in [0.5, 0.6) is 0 Å². The van der Waals surface area contributed by atoms with Crippen LogP contribution in [0.4, 0.5) is 0 Å². The van der Waals surface area contributed by atoms with E-state index in [9.17, 15) is 9.59 Å². The molecule has 2 aliphatic carbocycles. The second-order valence-corrected chi connectivity index (χ2v) is 10.6. The summed E-state index contributed by atoms with van der Waals surface area (Å²) in [5, 5.41) is 19.4. The Balaban J connectivity index is 1.69. The normalized spacial score (nSPS) is 18.4. The highest BCUT2D eigenvalue weighted by atomic mass is 16.3. The molecule has 0 spiro atoms. The van der Waals surface area contributed by atoms with E-state index in [1.165, 1.54) is 25.7 Å². The average Bonchev–Trinajstić information content (AvgIpc) is 2.96. The van der Waals surface area contributed by atoms with E-state index >= 15 is 0 Å². The topological polar surface area (TPSA) is 103 Å². The van der Waals surface area contributed by atoms with Gasteiger partial charge >= 0.3 is 0 Å². The first-order valence-corrected chi connectivity index (χ1v) is 14.2. The molecule has 39 heavy (non-hydrogen) atoms. The number of nitrogens with zero attached hydrogens (tertiary/aromatic N) is 1. The molecule has 4 rings (SSSR count). The Kier molecular flexibility index (Phi) is 10.3. The maximum Gasteiger partial charge on any atom is 0.253 e. The van der Waals surface area contributed by atoms with Gasteiger partial charge in [-0.05, 0) is 43.8 Å². The first kappa shape index (κ1) is 28.5.